The first-order valence-electron chi connectivity index (χ1n) is 8.42. The molecular formula is C26H32. The van der Waals surface area contributed by atoms with Gasteiger partial charge in [-0.15, -0.1) is 0 Å². The highest BCUT2D eigenvalue weighted by molar-refractivity contribution is 5.48. The van der Waals surface area contributed by atoms with E-state index in [0.717, 1.165) is 5.57 Å². The molecule has 0 aliphatic carbocycles. The normalized spacial score (nSPS) is 8.23. The second kappa shape index (κ2) is 19.9. The maximum atomic E-state index is 3.63. The van der Waals surface area contributed by atoms with Crippen LogP contribution in [-0.2, 0) is 0 Å². The Labute approximate surface area is 160 Å². The molecule has 0 amide bonds. The van der Waals surface area contributed by atoms with Gasteiger partial charge in [0.05, 0.1) is 0 Å². The second-order valence-electron chi connectivity index (χ2n) is 5.05. The van der Waals surface area contributed by atoms with Crippen molar-refractivity contribution in [3.05, 3.63) is 135 Å². The molecule has 26 heavy (non-hydrogen) atoms. The maximum Gasteiger partial charge on any atom is -0.0260 e. The van der Waals surface area contributed by atoms with Crippen molar-refractivity contribution in [3.8, 4) is 0 Å². The van der Waals surface area contributed by atoms with Crippen molar-refractivity contribution in [2.24, 2.45) is 0 Å². The average molecular weight is 345 g/mol. The van der Waals surface area contributed by atoms with Gasteiger partial charge in [-0.1, -0.05) is 136 Å². The highest BCUT2D eigenvalue weighted by atomic mass is 13.8. The predicted octanol–water partition coefficient (Wildman–Crippen LogP) is 8.16. The van der Waals surface area contributed by atoms with Gasteiger partial charge in [-0.25, -0.2) is 0 Å². The van der Waals surface area contributed by atoms with Crippen LogP contribution in [-0.4, -0.2) is 0 Å². The molecule has 0 aromatic heterocycles. The van der Waals surface area contributed by atoms with E-state index in [0.29, 0.717) is 0 Å². The van der Waals surface area contributed by atoms with Crippen molar-refractivity contribution in [1.29, 1.82) is 0 Å². The molecule has 2 aromatic carbocycles. The van der Waals surface area contributed by atoms with Crippen LogP contribution in [0.4, 0.5) is 0 Å². The van der Waals surface area contributed by atoms with Gasteiger partial charge in [-0.05, 0) is 25.0 Å². The molecule has 0 fully saturated rings. The topological polar surface area (TPSA) is 0 Å². The lowest BCUT2D eigenvalue weighted by molar-refractivity contribution is 1.58. The molecule has 0 atom stereocenters. The van der Waals surface area contributed by atoms with Crippen LogP contribution in [0.15, 0.2) is 123 Å². The summed E-state index contributed by atoms with van der Waals surface area (Å²) in [6.07, 6.45) is 11.0. The third-order valence-electron chi connectivity index (χ3n) is 2.71. The van der Waals surface area contributed by atoms with E-state index in [2.05, 4.69) is 51.1 Å². The fourth-order valence-corrected chi connectivity index (χ4v) is 1.35. The number of hydrogen-bond acceptors (Lipinski definition) is 0. The maximum absolute atomic E-state index is 3.63. The molecule has 0 aliphatic rings. The number of benzene rings is 2. The quantitative estimate of drug-likeness (QED) is 0.491. The molecule has 0 radical (unpaired) electrons. The Morgan fingerprint density at radius 2 is 1.12 bits per heavy atom. The van der Waals surface area contributed by atoms with Crippen LogP contribution in [0, 0.1) is 0 Å². The van der Waals surface area contributed by atoms with E-state index in [1.54, 1.807) is 18.2 Å². The Bertz CT molecular complexity index is 637. The van der Waals surface area contributed by atoms with E-state index in [1.165, 1.54) is 11.1 Å². The molecule has 0 saturated heterocycles. The van der Waals surface area contributed by atoms with Crippen molar-refractivity contribution in [2.75, 3.05) is 0 Å². The molecule has 2 rings (SSSR count). The van der Waals surface area contributed by atoms with Gasteiger partial charge < -0.3 is 0 Å². The number of hydrogen-bond donors (Lipinski definition) is 0. The molecular weight excluding hydrogens is 312 g/mol. The van der Waals surface area contributed by atoms with Crippen molar-refractivity contribution in [2.45, 2.75) is 13.8 Å². The highest BCUT2D eigenvalue weighted by Gasteiger charge is 1.77. The van der Waals surface area contributed by atoms with E-state index < -0.39 is 0 Å². The fourth-order valence-electron chi connectivity index (χ4n) is 1.35. The van der Waals surface area contributed by atoms with Crippen LogP contribution >= 0.6 is 0 Å². The molecule has 0 bridgehead atoms. The summed E-state index contributed by atoms with van der Waals surface area (Å²) < 4.78 is 0. The van der Waals surface area contributed by atoms with E-state index in [9.17, 15) is 0 Å². The third kappa shape index (κ3) is 18.9. The first-order chi connectivity index (χ1) is 12.5. The van der Waals surface area contributed by atoms with Gasteiger partial charge in [0.1, 0.15) is 0 Å². The summed E-state index contributed by atoms with van der Waals surface area (Å²) in [4.78, 5) is 0. The summed E-state index contributed by atoms with van der Waals surface area (Å²) in [6, 6.07) is 20.3. The smallest absolute Gasteiger partial charge is 0.0260 e. The molecule has 0 saturated carbocycles. The summed E-state index contributed by atoms with van der Waals surface area (Å²) >= 11 is 0. The summed E-state index contributed by atoms with van der Waals surface area (Å²) in [5, 5.41) is 0. The van der Waals surface area contributed by atoms with Gasteiger partial charge >= 0.3 is 0 Å². The molecule has 0 nitrogen and oxygen atoms in total. The van der Waals surface area contributed by atoms with E-state index in [4.69, 9.17) is 0 Å². The Morgan fingerprint density at radius 3 is 1.35 bits per heavy atom. The molecule has 0 N–H and O–H groups in total. The second-order valence-corrected chi connectivity index (χ2v) is 5.05. The van der Waals surface area contributed by atoms with Crippen LogP contribution in [0.1, 0.15) is 25.0 Å². The van der Waals surface area contributed by atoms with Gasteiger partial charge in [0.2, 0.25) is 0 Å². The summed E-state index contributed by atoms with van der Waals surface area (Å²) in [7, 11) is 0. The number of allylic oxidation sites excluding steroid dienone is 5. The standard InChI is InChI=1S/C9H10.C8H8.C5H8.C4H6/c1-2-6-9-7-4-3-5-8-9;1-2-8-6-4-3-5-7-8;1-4-5(2)3;1-3-4-2/h2-8H,1H3;2-7H,1H2;4H,1-2H2,3H3;3-4H,1-2H2. The average Bonchev–Trinajstić information content (AvgIpc) is 2.71. The van der Waals surface area contributed by atoms with E-state index >= 15 is 0 Å². The van der Waals surface area contributed by atoms with Gasteiger partial charge in [-0.3, -0.25) is 0 Å². The highest BCUT2D eigenvalue weighted by Crippen LogP contribution is 1.99. The summed E-state index contributed by atoms with van der Waals surface area (Å²) in [6.45, 7) is 21.3. The lowest BCUT2D eigenvalue weighted by atomic mass is 10.2. The lowest BCUT2D eigenvalue weighted by Gasteiger charge is -1.86. The van der Waals surface area contributed by atoms with Crippen LogP contribution < -0.4 is 0 Å². The molecule has 0 heteroatoms. The zero-order valence-corrected chi connectivity index (χ0v) is 16.3. The zero-order chi connectivity index (χ0) is 20.0. The summed E-state index contributed by atoms with van der Waals surface area (Å²) in [5.41, 5.74) is 3.46. The number of rotatable bonds is 4. The monoisotopic (exact) mass is 344 g/mol. The van der Waals surface area contributed by atoms with Gasteiger partial charge in [0, 0.05) is 0 Å². The van der Waals surface area contributed by atoms with Gasteiger partial charge in [0.15, 0.2) is 0 Å². The van der Waals surface area contributed by atoms with E-state index in [-0.39, 0.29) is 0 Å². The first-order valence-corrected chi connectivity index (χ1v) is 8.42. The van der Waals surface area contributed by atoms with Gasteiger partial charge in [0.25, 0.3) is 0 Å². The zero-order valence-electron chi connectivity index (χ0n) is 16.3. The molecule has 0 unspecified atom stereocenters. The minimum atomic E-state index is 1.02. The SMILES string of the molecule is C=CC(=C)C.C=CC=C.C=Cc1ccccc1.CC=Cc1ccccc1. The van der Waals surface area contributed by atoms with E-state index in [1.807, 2.05) is 74.5 Å². The minimum absolute atomic E-state index is 1.02. The Balaban J connectivity index is 0. The minimum Gasteiger partial charge on any atom is -0.0991 e. The first kappa shape index (κ1) is 25.1. The molecule has 2 aromatic rings. The van der Waals surface area contributed by atoms with Gasteiger partial charge in [-0.2, -0.15) is 0 Å². The van der Waals surface area contributed by atoms with Crippen molar-refractivity contribution in [3.63, 3.8) is 0 Å². The molecule has 0 heterocycles. The summed E-state index contributed by atoms with van der Waals surface area (Å²) in [5.74, 6) is 0. The van der Waals surface area contributed by atoms with Crippen molar-refractivity contribution in [1.82, 2.24) is 0 Å². The Hall–Kier alpha value is -3.12. The van der Waals surface area contributed by atoms with Crippen LogP contribution in [0.5, 0.6) is 0 Å². The predicted molar refractivity (Wildman–Crippen MR) is 123 cm³/mol. The van der Waals surface area contributed by atoms with Crippen LogP contribution in [0.3, 0.4) is 0 Å². The van der Waals surface area contributed by atoms with Crippen molar-refractivity contribution < 1.29 is 0 Å². The largest absolute Gasteiger partial charge is 0.0991 e. The molecule has 0 spiro atoms. The molecule has 0 aliphatic heterocycles. The van der Waals surface area contributed by atoms with Crippen LogP contribution in [0.2, 0.25) is 0 Å². The lowest BCUT2D eigenvalue weighted by Crippen LogP contribution is -1.65. The van der Waals surface area contributed by atoms with Crippen LogP contribution in [0.25, 0.3) is 12.2 Å². The van der Waals surface area contributed by atoms with Crippen molar-refractivity contribution >= 4 is 12.2 Å². The Kier molecular flexibility index (Phi) is 19.3. The third-order valence-corrected chi connectivity index (χ3v) is 2.71. The fraction of sp³-hybridized carbons (Fsp3) is 0.0769. The Morgan fingerprint density at radius 1 is 0.731 bits per heavy atom. The molecule has 136 valence electrons.